The van der Waals surface area contributed by atoms with E-state index in [2.05, 4.69) is 161 Å². The van der Waals surface area contributed by atoms with E-state index < -0.39 is 0 Å². The molecule has 7 rings (SSSR count). The van der Waals surface area contributed by atoms with Crippen LogP contribution >= 0.6 is 0 Å². The molecule has 206 valence electrons. The second-order valence-corrected chi connectivity index (χ2v) is 12.1. The van der Waals surface area contributed by atoms with Crippen molar-refractivity contribution in [1.29, 1.82) is 0 Å². The first-order valence-corrected chi connectivity index (χ1v) is 16.1. The fourth-order valence-corrected chi connectivity index (χ4v) is 6.38. The molecular weight excluding hydrogens is 584 g/mol. The van der Waals surface area contributed by atoms with E-state index in [1.54, 1.807) is 0 Å². The van der Waals surface area contributed by atoms with Gasteiger partial charge in [-0.05, 0) is 26.7 Å². The number of benzene rings is 5. The quantitative estimate of drug-likeness (QED) is 0.172. The van der Waals surface area contributed by atoms with E-state index in [4.69, 9.17) is 0 Å². The molecule has 0 heterocycles. The molecule has 0 saturated heterocycles. The third-order valence-corrected chi connectivity index (χ3v) is 9.30. The molecule has 0 atom stereocenters. The van der Waals surface area contributed by atoms with Gasteiger partial charge in [0.1, 0.15) is 0 Å². The maximum absolute atomic E-state index is 2.32. The topological polar surface area (TPSA) is 0 Å². The van der Waals surface area contributed by atoms with Crippen molar-refractivity contribution >= 4 is 35.5 Å². The second-order valence-electron chi connectivity index (χ2n) is 10.9. The predicted octanol–water partition coefficient (Wildman–Crippen LogP) is 10.8. The van der Waals surface area contributed by atoms with Crippen LogP contribution in [0.4, 0.5) is 0 Å². The van der Waals surface area contributed by atoms with Gasteiger partial charge in [-0.25, -0.2) is 0 Å². The summed E-state index contributed by atoms with van der Waals surface area (Å²) in [6.45, 7) is 8.72. The van der Waals surface area contributed by atoms with Crippen LogP contribution in [0.25, 0.3) is 32.3 Å². The molecule has 42 heavy (non-hydrogen) atoms. The van der Waals surface area contributed by atoms with Crippen LogP contribution in [-0.4, -0.2) is 3.21 Å². The maximum atomic E-state index is 2.32. The van der Waals surface area contributed by atoms with E-state index in [9.17, 15) is 0 Å². The molecule has 0 fully saturated rings. The van der Waals surface area contributed by atoms with Crippen molar-refractivity contribution in [2.75, 3.05) is 0 Å². The van der Waals surface area contributed by atoms with Gasteiger partial charge in [0.2, 0.25) is 0 Å². The summed E-state index contributed by atoms with van der Waals surface area (Å²) in [4.78, 5) is 0. The van der Waals surface area contributed by atoms with Crippen LogP contribution in [0.3, 0.4) is 0 Å². The van der Waals surface area contributed by atoms with Gasteiger partial charge in [0.05, 0.1) is 0 Å². The van der Waals surface area contributed by atoms with E-state index in [1.165, 1.54) is 93.1 Å². The van der Waals surface area contributed by atoms with Crippen LogP contribution in [0.2, 0.25) is 0 Å². The first-order valence-electron chi connectivity index (χ1n) is 14.9. The van der Waals surface area contributed by atoms with Crippen molar-refractivity contribution in [3.05, 3.63) is 167 Å². The summed E-state index contributed by atoms with van der Waals surface area (Å²) in [5.41, 5.74) is 8.23. The van der Waals surface area contributed by atoms with Crippen LogP contribution in [0.5, 0.6) is 0 Å². The molecule has 0 N–H and O–H groups in total. The predicted molar refractivity (Wildman–Crippen MR) is 181 cm³/mol. The normalized spacial score (nSPS) is 10.7. The first-order chi connectivity index (χ1) is 20.5. The number of fused-ring (bicyclic) bond motifs is 4. The molecule has 0 radical (unpaired) electrons. The van der Waals surface area contributed by atoms with Crippen molar-refractivity contribution in [2.24, 2.45) is 0 Å². The van der Waals surface area contributed by atoms with Gasteiger partial charge in [-0.3, -0.25) is 0 Å². The second kappa shape index (κ2) is 14.0. The molecule has 1 heteroatoms. The molecule has 0 unspecified atom stereocenters. The van der Waals surface area contributed by atoms with E-state index >= 15 is 0 Å². The Bertz CT molecular complexity index is 1820. The Morgan fingerprint density at radius 1 is 0.571 bits per heavy atom. The fourth-order valence-electron chi connectivity index (χ4n) is 5.56. The third kappa shape index (κ3) is 7.03. The Morgan fingerprint density at radius 2 is 1.10 bits per heavy atom. The molecule has 0 bridgehead atoms. The van der Waals surface area contributed by atoms with Gasteiger partial charge in [0, 0.05) is 0 Å². The molecule has 0 nitrogen and oxygen atoms in total. The zero-order valence-electron chi connectivity index (χ0n) is 25.1. The van der Waals surface area contributed by atoms with Gasteiger partial charge in [-0.1, -0.05) is 66.4 Å². The van der Waals surface area contributed by atoms with Crippen LogP contribution in [0, 0.1) is 13.8 Å². The summed E-state index contributed by atoms with van der Waals surface area (Å²) >= 11 is 1.46. The summed E-state index contributed by atoms with van der Waals surface area (Å²) in [6, 6.07) is 48.0. The molecule has 7 aromatic rings. The Hall–Kier alpha value is -3.67. The van der Waals surface area contributed by atoms with Crippen LogP contribution < -0.4 is 0 Å². The van der Waals surface area contributed by atoms with Gasteiger partial charge >= 0.3 is 99.2 Å². The summed E-state index contributed by atoms with van der Waals surface area (Å²) in [7, 11) is 0. The molecule has 0 aliphatic heterocycles. The standard InChI is InChI=1S/C17H17.C13H10.C11H11.Zr/c1-3-12-5-7-16-14(9-12)11-15-10-13(4-2)6-8-17(15)16;1-3-7-12(8-4-1)11-13-9-5-2-6-10-13;1-8-6-9(2)11-5-3-4-10(11)7-8;/h5-11H,3-4H2,1-2H3;1-10H;3-7H,1-2H3;/q-1;;-1;+2. The molecule has 0 spiro atoms. The average molecular weight is 622 g/mol. The Labute approximate surface area is 265 Å². The van der Waals surface area contributed by atoms with Crippen LogP contribution in [0.15, 0.2) is 133 Å². The monoisotopic (exact) mass is 620 g/mol. The summed E-state index contributed by atoms with van der Waals surface area (Å²) in [6.07, 6.45) is 2.22. The molecule has 7 aromatic carbocycles. The van der Waals surface area contributed by atoms with E-state index in [0.29, 0.717) is 0 Å². The van der Waals surface area contributed by atoms with Crippen molar-refractivity contribution in [1.82, 2.24) is 0 Å². The van der Waals surface area contributed by atoms with Crippen molar-refractivity contribution in [2.45, 2.75) is 40.5 Å². The van der Waals surface area contributed by atoms with E-state index in [-0.39, 0.29) is 0 Å². The minimum atomic E-state index is 1.11. The minimum absolute atomic E-state index is 1.11. The summed E-state index contributed by atoms with van der Waals surface area (Å²) in [5, 5.41) is 8.29. The Kier molecular flexibility index (Phi) is 9.94. The van der Waals surface area contributed by atoms with Gasteiger partial charge in [-0.15, -0.1) is 62.6 Å². The number of aryl methyl sites for hydroxylation is 4. The third-order valence-electron chi connectivity index (χ3n) is 7.88. The van der Waals surface area contributed by atoms with Crippen LogP contribution in [-0.2, 0) is 37.1 Å². The zero-order valence-corrected chi connectivity index (χ0v) is 27.6. The Morgan fingerprint density at radius 3 is 1.60 bits per heavy atom. The summed E-state index contributed by atoms with van der Waals surface area (Å²) in [5.74, 6) is 0. The number of rotatable bonds is 4. The average Bonchev–Trinajstić information content (AvgIpc) is 3.66. The molecular formula is C41H38Zr. The molecule has 0 aliphatic rings. The van der Waals surface area contributed by atoms with E-state index in [0.717, 1.165) is 12.8 Å². The van der Waals surface area contributed by atoms with Gasteiger partial charge < -0.3 is 0 Å². The van der Waals surface area contributed by atoms with Crippen LogP contribution in [0.1, 0.15) is 47.2 Å². The number of hydrogen-bond acceptors (Lipinski definition) is 0. The fraction of sp³-hybridized carbons (Fsp3) is 0.146. The number of hydrogen-bond donors (Lipinski definition) is 0. The molecule has 0 saturated carbocycles. The van der Waals surface area contributed by atoms with Gasteiger partial charge in [-0.2, -0.15) is 12.1 Å². The van der Waals surface area contributed by atoms with Crippen molar-refractivity contribution in [3.63, 3.8) is 0 Å². The zero-order chi connectivity index (χ0) is 29.5. The molecule has 0 aromatic heterocycles. The van der Waals surface area contributed by atoms with E-state index in [1.807, 2.05) is 0 Å². The SMILES string of the molecule is CCc1ccc2c(c1)[cH-]c1cc(CC)ccc12.Cc1cc(C)c2cc[cH-]c2c1.[Zr+2]=[C](c1ccccc1)c1ccccc1. The van der Waals surface area contributed by atoms with Crippen molar-refractivity contribution in [3.8, 4) is 0 Å². The molecule has 0 aliphatic carbocycles. The van der Waals surface area contributed by atoms with Gasteiger partial charge in [0.25, 0.3) is 0 Å². The molecule has 0 amide bonds. The summed E-state index contributed by atoms with van der Waals surface area (Å²) < 4.78 is 1.42. The Balaban J connectivity index is 0.000000129. The van der Waals surface area contributed by atoms with Gasteiger partial charge in [0.15, 0.2) is 0 Å². The first kappa shape index (κ1) is 29.8. The van der Waals surface area contributed by atoms with Crippen molar-refractivity contribution < 1.29 is 24.2 Å².